The SMILES string of the molecule is COC(=O)c1nc(-n2ccc3ccccc32)oc1-n1ccc2ccccc21. The molecule has 0 radical (unpaired) electrons. The van der Waals surface area contributed by atoms with E-state index in [0.29, 0.717) is 11.9 Å². The summed E-state index contributed by atoms with van der Waals surface area (Å²) in [7, 11) is 1.33. The highest BCUT2D eigenvalue weighted by atomic mass is 16.5. The van der Waals surface area contributed by atoms with Crippen molar-refractivity contribution in [3.8, 4) is 11.9 Å². The monoisotopic (exact) mass is 357 g/mol. The molecule has 0 N–H and O–H groups in total. The first-order valence-electron chi connectivity index (χ1n) is 8.48. The Morgan fingerprint density at radius 3 is 2.15 bits per heavy atom. The van der Waals surface area contributed by atoms with Gasteiger partial charge in [0.15, 0.2) is 0 Å². The van der Waals surface area contributed by atoms with Gasteiger partial charge in [-0.15, -0.1) is 0 Å². The van der Waals surface area contributed by atoms with Crippen LogP contribution in [0.4, 0.5) is 0 Å². The van der Waals surface area contributed by atoms with E-state index < -0.39 is 5.97 Å². The van der Waals surface area contributed by atoms with E-state index in [1.165, 1.54) is 7.11 Å². The molecule has 0 atom stereocenters. The number of methoxy groups -OCH3 is 1. The first-order valence-corrected chi connectivity index (χ1v) is 8.48. The van der Waals surface area contributed by atoms with Crippen molar-refractivity contribution in [2.45, 2.75) is 0 Å². The molecule has 0 saturated heterocycles. The lowest BCUT2D eigenvalue weighted by Gasteiger charge is -2.03. The van der Waals surface area contributed by atoms with Crippen molar-refractivity contribution in [1.82, 2.24) is 14.1 Å². The summed E-state index contributed by atoms with van der Waals surface area (Å²) >= 11 is 0. The van der Waals surface area contributed by atoms with Gasteiger partial charge in [0.2, 0.25) is 11.6 Å². The molecule has 2 aromatic carbocycles. The Balaban J connectivity index is 1.75. The molecule has 0 bridgehead atoms. The minimum atomic E-state index is -0.547. The summed E-state index contributed by atoms with van der Waals surface area (Å²) in [4.78, 5) is 16.8. The predicted molar refractivity (Wildman–Crippen MR) is 102 cm³/mol. The minimum absolute atomic E-state index is 0.131. The Hall–Kier alpha value is -3.80. The maximum Gasteiger partial charge on any atom is 0.362 e. The van der Waals surface area contributed by atoms with E-state index in [4.69, 9.17) is 9.15 Å². The maximum atomic E-state index is 12.3. The highest BCUT2D eigenvalue weighted by molar-refractivity contribution is 5.92. The number of nitrogens with zero attached hydrogens (tertiary/aromatic N) is 3. The summed E-state index contributed by atoms with van der Waals surface area (Å²) in [5.74, 6) is -0.218. The zero-order valence-corrected chi connectivity index (χ0v) is 14.5. The number of hydrogen-bond acceptors (Lipinski definition) is 4. The van der Waals surface area contributed by atoms with Crippen LogP contribution in [0.2, 0.25) is 0 Å². The van der Waals surface area contributed by atoms with Crippen LogP contribution >= 0.6 is 0 Å². The molecule has 0 saturated carbocycles. The van der Waals surface area contributed by atoms with Gasteiger partial charge >= 0.3 is 12.0 Å². The number of oxazole rings is 1. The van der Waals surface area contributed by atoms with Gasteiger partial charge in [0.1, 0.15) is 0 Å². The third kappa shape index (κ3) is 2.34. The van der Waals surface area contributed by atoms with Gasteiger partial charge in [-0.05, 0) is 24.3 Å². The van der Waals surface area contributed by atoms with E-state index in [1.807, 2.05) is 82.2 Å². The fraction of sp³-hybridized carbons (Fsp3) is 0.0476. The number of carbonyl (C=O) groups excluding carboxylic acids is 1. The Kier molecular flexibility index (Phi) is 3.36. The van der Waals surface area contributed by atoms with E-state index in [1.54, 1.807) is 0 Å². The van der Waals surface area contributed by atoms with Crippen molar-refractivity contribution in [2.75, 3.05) is 7.11 Å². The van der Waals surface area contributed by atoms with Crippen LogP contribution in [-0.2, 0) is 4.74 Å². The van der Waals surface area contributed by atoms with Gasteiger partial charge in [-0.2, -0.15) is 4.98 Å². The summed E-state index contributed by atoms with van der Waals surface area (Å²) in [6.07, 6.45) is 3.73. The van der Waals surface area contributed by atoms with Crippen LogP contribution in [0.15, 0.2) is 77.5 Å². The van der Waals surface area contributed by atoms with Crippen LogP contribution in [0.5, 0.6) is 0 Å². The van der Waals surface area contributed by atoms with Crippen molar-refractivity contribution in [2.24, 2.45) is 0 Å². The number of hydrogen-bond donors (Lipinski definition) is 0. The van der Waals surface area contributed by atoms with Crippen molar-refractivity contribution in [3.63, 3.8) is 0 Å². The lowest BCUT2D eigenvalue weighted by molar-refractivity contribution is 0.0594. The molecular formula is C21H15N3O3. The second-order valence-electron chi connectivity index (χ2n) is 6.13. The molecule has 5 rings (SSSR count). The Bertz CT molecular complexity index is 1290. The van der Waals surface area contributed by atoms with Gasteiger partial charge in [0.25, 0.3) is 0 Å². The summed E-state index contributed by atoms with van der Waals surface area (Å²) in [5.41, 5.74) is 1.99. The molecule has 0 unspecified atom stereocenters. The normalized spacial score (nSPS) is 11.3. The van der Waals surface area contributed by atoms with Crippen LogP contribution in [0.1, 0.15) is 10.5 Å². The quantitative estimate of drug-likeness (QED) is 0.450. The van der Waals surface area contributed by atoms with Gasteiger partial charge < -0.3 is 9.15 Å². The number of benzene rings is 2. The lowest BCUT2D eigenvalue weighted by Crippen LogP contribution is -2.06. The van der Waals surface area contributed by atoms with E-state index >= 15 is 0 Å². The van der Waals surface area contributed by atoms with Crippen LogP contribution in [0.25, 0.3) is 33.7 Å². The molecule has 0 aliphatic carbocycles. The highest BCUT2D eigenvalue weighted by Crippen LogP contribution is 2.27. The smallest absolute Gasteiger partial charge is 0.362 e. The van der Waals surface area contributed by atoms with Gasteiger partial charge in [-0.3, -0.25) is 9.13 Å². The second kappa shape index (κ2) is 5.88. The topological polar surface area (TPSA) is 62.2 Å². The largest absolute Gasteiger partial charge is 0.464 e. The van der Waals surface area contributed by atoms with E-state index in [-0.39, 0.29) is 5.69 Å². The summed E-state index contributed by atoms with van der Waals surface area (Å²) in [5, 5.41) is 2.10. The zero-order valence-electron chi connectivity index (χ0n) is 14.5. The van der Waals surface area contributed by atoms with Crippen molar-refractivity contribution in [3.05, 3.63) is 78.8 Å². The summed E-state index contributed by atoms with van der Waals surface area (Å²) in [6.45, 7) is 0. The molecule has 0 amide bonds. The molecule has 0 aliphatic heterocycles. The lowest BCUT2D eigenvalue weighted by atomic mass is 10.2. The van der Waals surface area contributed by atoms with Crippen molar-refractivity contribution >= 4 is 27.8 Å². The van der Waals surface area contributed by atoms with Crippen LogP contribution in [0.3, 0.4) is 0 Å². The van der Waals surface area contributed by atoms with Crippen LogP contribution in [-0.4, -0.2) is 27.2 Å². The number of carbonyl (C=O) groups is 1. The Morgan fingerprint density at radius 2 is 1.48 bits per heavy atom. The Morgan fingerprint density at radius 1 is 0.889 bits per heavy atom. The molecule has 27 heavy (non-hydrogen) atoms. The first-order chi connectivity index (χ1) is 13.3. The zero-order chi connectivity index (χ0) is 18.4. The average Bonchev–Trinajstić information content (AvgIpc) is 3.42. The highest BCUT2D eigenvalue weighted by Gasteiger charge is 2.24. The molecule has 132 valence electrons. The number of esters is 1. The number of aromatic nitrogens is 3. The van der Waals surface area contributed by atoms with E-state index in [9.17, 15) is 4.79 Å². The number of rotatable bonds is 3. The van der Waals surface area contributed by atoms with Crippen molar-refractivity contribution < 1.29 is 13.9 Å². The van der Waals surface area contributed by atoms with Gasteiger partial charge in [0, 0.05) is 23.2 Å². The average molecular weight is 357 g/mol. The fourth-order valence-corrected chi connectivity index (χ4v) is 3.31. The van der Waals surface area contributed by atoms with Gasteiger partial charge in [-0.25, -0.2) is 4.79 Å². The summed E-state index contributed by atoms with van der Waals surface area (Å²) < 4.78 is 14.6. The van der Waals surface area contributed by atoms with Gasteiger partial charge in [0.05, 0.1) is 18.1 Å². The molecule has 0 spiro atoms. The van der Waals surface area contributed by atoms with Crippen molar-refractivity contribution in [1.29, 1.82) is 0 Å². The first kappa shape index (κ1) is 15.5. The number of ether oxygens (including phenoxy) is 1. The minimum Gasteiger partial charge on any atom is -0.464 e. The molecule has 0 fully saturated rings. The number of para-hydroxylation sites is 2. The fourth-order valence-electron chi connectivity index (χ4n) is 3.31. The molecule has 3 aromatic heterocycles. The molecule has 0 aliphatic rings. The predicted octanol–water partition coefficient (Wildman–Crippen LogP) is 4.35. The third-order valence-corrected chi connectivity index (χ3v) is 4.60. The maximum absolute atomic E-state index is 12.3. The van der Waals surface area contributed by atoms with Gasteiger partial charge in [-0.1, -0.05) is 36.4 Å². The standard InChI is InChI=1S/C21H15N3O3/c1-26-20(25)18-19(23-12-10-14-6-2-4-8-16(14)23)27-21(22-18)24-13-11-15-7-3-5-9-17(15)24/h2-13H,1H3. The third-order valence-electron chi connectivity index (χ3n) is 4.60. The molecule has 6 nitrogen and oxygen atoms in total. The van der Waals surface area contributed by atoms with E-state index in [0.717, 1.165) is 21.8 Å². The second-order valence-corrected chi connectivity index (χ2v) is 6.13. The van der Waals surface area contributed by atoms with E-state index in [2.05, 4.69) is 4.98 Å². The molecule has 6 heteroatoms. The number of fused-ring (bicyclic) bond motifs is 2. The molecule has 3 heterocycles. The Labute approximate surface area is 154 Å². The molecular weight excluding hydrogens is 342 g/mol. The van der Waals surface area contributed by atoms with Crippen LogP contribution in [0, 0.1) is 0 Å². The molecule has 5 aromatic rings. The summed E-state index contributed by atoms with van der Waals surface area (Å²) in [6, 6.07) is 20.0. The van der Waals surface area contributed by atoms with Crippen LogP contribution < -0.4 is 0 Å².